The second kappa shape index (κ2) is 31.6. The van der Waals surface area contributed by atoms with Gasteiger partial charge in [0, 0.05) is 33.4 Å². The lowest BCUT2D eigenvalue weighted by molar-refractivity contribution is 0.436. The third-order valence-corrected chi connectivity index (χ3v) is 28.0. The van der Waals surface area contributed by atoms with Crippen LogP contribution in [0.3, 0.4) is 0 Å². The molecule has 4 aliphatic carbocycles. The Hall–Kier alpha value is -11.8. The quantitative estimate of drug-likeness (QED) is 0.0527. The third kappa shape index (κ3) is 12.5. The van der Waals surface area contributed by atoms with Gasteiger partial charge in [-0.2, -0.15) is 0 Å². The van der Waals surface area contributed by atoms with Gasteiger partial charge >= 0.3 is 0 Å². The molecule has 118 heavy (non-hydrogen) atoms. The summed E-state index contributed by atoms with van der Waals surface area (Å²) in [5, 5.41) is 0. The maximum atomic E-state index is 5.01. The van der Waals surface area contributed by atoms with Crippen molar-refractivity contribution < 1.29 is 0 Å². The van der Waals surface area contributed by atoms with E-state index in [1.807, 2.05) is 12.3 Å². The van der Waals surface area contributed by atoms with Gasteiger partial charge in [-0.3, -0.25) is 4.98 Å². The van der Waals surface area contributed by atoms with E-state index in [2.05, 4.69) is 365 Å². The molecule has 0 bridgehead atoms. The molecule has 1 nitrogen and oxygen atoms in total. The van der Waals surface area contributed by atoms with Gasteiger partial charge in [0.15, 0.2) is 0 Å². The lowest BCUT2D eigenvalue weighted by atomic mass is 9.71. The predicted octanol–water partition coefficient (Wildman–Crippen LogP) is 33.2. The van der Waals surface area contributed by atoms with E-state index in [9.17, 15) is 0 Å². The second-order valence-corrected chi connectivity index (χ2v) is 34.8. The van der Waals surface area contributed by atoms with E-state index in [4.69, 9.17) is 4.98 Å². The molecule has 0 saturated carbocycles. The SMILES string of the molecule is CCCC1(CCC)c2ccccc2-c2ccc(-c3ccc(-c4cc(-c5cccc(-c6ccccn6)c5)c(-c5ccc(-c6ccc7c(c6)C(CCC)(CCC)c6ccccc6-7)cc5)c(-c5ccc(-c6ccc7c(c6)C(CCC)(CCC)c6ccccc6-7)cc5)c4-c4ccc(-c5ccc6c(c5)C(CCC)(CCC)c5ccccc5-6)cc4)cc3)cc21. The highest BCUT2D eigenvalue weighted by Gasteiger charge is 2.46. The van der Waals surface area contributed by atoms with Gasteiger partial charge < -0.3 is 0 Å². The highest BCUT2D eigenvalue weighted by atomic mass is 14.7. The number of aromatic nitrogens is 1. The predicted molar refractivity (Wildman–Crippen MR) is 503 cm³/mol. The van der Waals surface area contributed by atoms with Crippen LogP contribution in [-0.4, -0.2) is 4.98 Å². The summed E-state index contributed by atoms with van der Waals surface area (Å²) in [6.45, 7) is 18.9. The Morgan fingerprint density at radius 2 is 0.424 bits per heavy atom. The van der Waals surface area contributed by atoms with Crippen LogP contribution in [0.4, 0.5) is 0 Å². The minimum Gasteiger partial charge on any atom is -0.256 e. The van der Waals surface area contributed by atoms with E-state index >= 15 is 0 Å². The van der Waals surface area contributed by atoms with Crippen LogP contribution in [-0.2, 0) is 21.7 Å². The molecule has 4 aliphatic rings. The van der Waals surface area contributed by atoms with Crippen LogP contribution in [0.25, 0.3) is 156 Å². The molecule has 14 aromatic carbocycles. The number of fused-ring (bicyclic) bond motifs is 12. The molecular formula is C117H109N. The molecule has 0 aliphatic heterocycles. The van der Waals surface area contributed by atoms with E-state index in [1.54, 1.807) is 0 Å². The molecule has 0 saturated heterocycles. The first kappa shape index (κ1) is 76.2. The standard InChI is InChI=1S/C117H109N/c1-9-63-114(64-10-2)102-34-21-17-30-92(102)96-59-55-86(73-106(96)114)78-39-47-82(48-40-78)100-77-101(90-28-27-29-91(72-90)110-38-25-26-71-118-110)112(84-51-43-80(44-52-84)88-57-61-98-94-32-19-23-36-104(94)116(67-13-5,68-14-6)108(98)75-88)113(85-53-45-81(46-54-85)89-58-62-99-95-33-20-24-37-105(95)117(69-15-7,70-16-8)109(99)76-89)111(100)83-49-41-79(42-50-83)87-56-60-97-93-31-18-22-35-103(93)115(65-11-3,66-12-4)107(97)74-87/h17-62,71-77H,9-16,63-70H2,1-8H3. The summed E-state index contributed by atoms with van der Waals surface area (Å²) >= 11 is 0. The van der Waals surface area contributed by atoms with Crippen molar-refractivity contribution >= 4 is 0 Å². The van der Waals surface area contributed by atoms with Gasteiger partial charge in [-0.25, -0.2) is 0 Å². The van der Waals surface area contributed by atoms with Gasteiger partial charge in [-0.15, -0.1) is 0 Å². The zero-order valence-electron chi connectivity index (χ0n) is 70.4. The highest BCUT2D eigenvalue weighted by molar-refractivity contribution is 6.08. The van der Waals surface area contributed by atoms with E-state index in [1.165, 1.54) is 156 Å². The monoisotopic (exact) mass is 1530 g/mol. The summed E-state index contributed by atoms with van der Waals surface area (Å²) in [4.78, 5) is 5.01. The smallest absolute Gasteiger partial charge is 0.0702 e. The van der Waals surface area contributed by atoms with Crippen molar-refractivity contribution in [3.05, 3.63) is 366 Å². The van der Waals surface area contributed by atoms with Gasteiger partial charge in [0.1, 0.15) is 0 Å². The summed E-state index contributed by atoms with van der Waals surface area (Å²) in [6.07, 6.45) is 19.9. The lowest BCUT2D eigenvalue weighted by Gasteiger charge is -2.32. The van der Waals surface area contributed by atoms with Crippen molar-refractivity contribution in [2.45, 2.75) is 180 Å². The third-order valence-electron chi connectivity index (χ3n) is 28.0. The zero-order chi connectivity index (χ0) is 80.3. The molecule has 19 rings (SSSR count). The van der Waals surface area contributed by atoms with Crippen molar-refractivity contribution in [1.82, 2.24) is 4.98 Å². The van der Waals surface area contributed by atoms with E-state index in [0.717, 1.165) is 147 Å². The summed E-state index contributed by atoms with van der Waals surface area (Å²) in [5.74, 6) is 0. The Labute approximate surface area is 702 Å². The molecule has 1 heteroatoms. The highest BCUT2D eigenvalue weighted by Crippen LogP contribution is 2.61. The minimum atomic E-state index is -0.0335. The normalized spacial score (nSPS) is 14.2. The first-order valence-electron chi connectivity index (χ1n) is 44.7. The largest absolute Gasteiger partial charge is 0.256 e. The van der Waals surface area contributed by atoms with Crippen molar-refractivity contribution in [2.24, 2.45) is 0 Å². The molecule has 0 N–H and O–H groups in total. The van der Waals surface area contributed by atoms with Crippen LogP contribution in [0.1, 0.15) is 203 Å². The summed E-state index contributed by atoms with van der Waals surface area (Å²) in [7, 11) is 0. The Morgan fingerprint density at radius 1 is 0.169 bits per heavy atom. The summed E-state index contributed by atoms with van der Waals surface area (Å²) < 4.78 is 0. The second-order valence-electron chi connectivity index (χ2n) is 34.8. The van der Waals surface area contributed by atoms with Crippen LogP contribution in [0.5, 0.6) is 0 Å². The fourth-order valence-electron chi connectivity index (χ4n) is 23.3. The Kier molecular flexibility index (Phi) is 20.4. The number of pyridine rings is 1. The molecule has 0 atom stereocenters. The number of hydrogen-bond donors (Lipinski definition) is 0. The van der Waals surface area contributed by atoms with Crippen LogP contribution in [0.2, 0.25) is 0 Å². The molecule has 0 spiro atoms. The van der Waals surface area contributed by atoms with E-state index in [0.29, 0.717) is 0 Å². The molecule has 0 radical (unpaired) electrons. The van der Waals surface area contributed by atoms with Crippen molar-refractivity contribution in [3.63, 3.8) is 0 Å². The van der Waals surface area contributed by atoms with Crippen LogP contribution in [0, 0.1) is 0 Å². The Balaban J connectivity index is 0.847. The van der Waals surface area contributed by atoms with Crippen LogP contribution in [0.15, 0.2) is 322 Å². The number of hydrogen-bond acceptors (Lipinski definition) is 1. The maximum absolute atomic E-state index is 5.01. The van der Waals surface area contributed by atoms with Crippen LogP contribution < -0.4 is 0 Å². The zero-order valence-corrected chi connectivity index (χ0v) is 70.4. The molecule has 1 heterocycles. The molecular weight excluding hydrogens is 1420 g/mol. The van der Waals surface area contributed by atoms with Crippen molar-refractivity contribution in [1.29, 1.82) is 0 Å². The average Bonchev–Trinajstić information content (AvgIpc) is 1.38. The Morgan fingerprint density at radius 3 is 0.729 bits per heavy atom. The van der Waals surface area contributed by atoms with Crippen LogP contribution >= 0.6 is 0 Å². The fraction of sp³-hybridized carbons (Fsp3) is 0.239. The Bertz CT molecular complexity index is 6240. The van der Waals surface area contributed by atoms with Gasteiger partial charge in [0.25, 0.3) is 0 Å². The van der Waals surface area contributed by atoms with Gasteiger partial charge in [0.2, 0.25) is 0 Å². The van der Waals surface area contributed by atoms with Crippen molar-refractivity contribution in [3.8, 4) is 156 Å². The number of nitrogens with zero attached hydrogens (tertiary/aromatic N) is 1. The maximum Gasteiger partial charge on any atom is 0.0702 e. The van der Waals surface area contributed by atoms with Gasteiger partial charge in [-0.1, -0.05) is 374 Å². The first-order chi connectivity index (χ1) is 58.1. The van der Waals surface area contributed by atoms with Crippen molar-refractivity contribution in [2.75, 3.05) is 0 Å². The van der Waals surface area contributed by atoms with Gasteiger partial charge in [-0.05, 0) is 289 Å². The lowest BCUT2D eigenvalue weighted by Crippen LogP contribution is -2.25. The number of benzene rings is 14. The molecule has 0 fully saturated rings. The topological polar surface area (TPSA) is 12.9 Å². The fourth-order valence-corrected chi connectivity index (χ4v) is 23.3. The first-order valence-corrected chi connectivity index (χ1v) is 44.7. The molecule has 0 unspecified atom stereocenters. The molecule has 582 valence electrons. The number of rotatable bonds is 26. The van der Waals surface area contributed by atoms with Gasteiger partial charge in [0.05, 0.1) is 5.69 Å². The average molecular weight is 1530 g/mol. The molecule has 0 amide bonds. The summed E-state index contributed by atoms with van der Waals surface area (Å²) in [5.41, 5.74) is 46.5. The van der Waals surface area contributed by atoms with E-state index in [-0.39, 0.29) is 21.7 Å². The summed E-state index contributed by atoms with van der Waals surface area (Å²) in [6, 6.07) is 124. The molecule has 1 aromatic heterocycles. The van der Waals surface area contributed by atoms with E-state index < -0.39 is 0 Å². The minimum absolute atomic E-state index is 0.0227. The molecule has 15 aromatic rings.